The van der Waals surface area contributed by atoms with Crippen LogP contribution in [-0.2, 0) is 0 Å². The van der Waals surface area contributed by atoms with Crippen LogP contribution in [0.1, 0.15) is 19.8 Å². The summed E-state index contributed by atoms with van der Waals surface area (Å²) in [6, 6.07) is 29.3. The van der Waals surface area contributed by atoms with E-state index in [2.05, 4.69) is 67.6 Å². The SMILES string of the molecule is CCCCOc1ccc(-c2cc(-c3ccc(OC)cc3)[s+]c(-c3ccc(OC)cc3)c2)cc1.F[B-](F)(F)F. The Bertz CT molecular complexity index is 1210. The molecule has 0 saturated carbocycles. The summed E-state index contributed by atoms with van der Waals surface area (Å²) < 4.78 is 55.5. The second-order valence-corrected chi connectivity index (χ2v) is 9.34. The summed E-state index contributed by atoms with van der Waals surface area (Å²) in [4.78, 5) is 2.40. The molecule has 200 valence electrons. The second kappa shape index (κ2) is 13.8. The highest BCUT2D eigenvalue weighted by molar-refractivity contribution is 7.18. The molecule has 38 heavy (non-hydrogen) atoms. The molecule has 0 fully saturated rings. The van der Waals surface area contributed by atoms with Crippen LogP contribution in [0.4, 0.5) is 17.3 Å². The van der Waals surface area contributed by atoms with E-state index in [0.29, 0.717) is 0 Å². The zero-order valence-corrected chi connectivity index (χ0v) is 22.2. The lowest BCUT2D eigenvalue weighted by Gasteiger charge is -2.07. The van der Waals surface area contributed by atoms with Gasteiger partial charge < -0.3 is 31.5 Å². The van der Waals surface area contributed by atoms with Crippen molar-refractivity contribution in [2.24, 2.45) is 0 Å². The molecular formula is C29H29BF4O3S. The van der Waals surface area contributed by atoms with Gasteiger partial charge in [0.05, 0.1) is 20.8 Å². The highest BCUT2D eigenvalue weighted by Crippen LogP contribution is 2.38. The van der Waals surface area contributed by atoms with Gasteiger partial charge in [0.2, 0.25) is 21.1 Å². The Labute approximate surface area is 224 Å². The average molecular weight is 544 g/mol. The van der Waals surface area contributed by atoms with Crippen molar-refractivity contribution < 1.29 is 31.5 Å². The number of hydrogen-bond acceptors (Lipinski definition) is 3. The minimum absolute atomic E-state index is 0.756. The van der Waals surface area contributed by atoms with E-state index in [9.17, 15) is 17.3 Å². The van der Waals surface area contributed by atoms with Crippen LogP contribution >= 0.6 is 11.3 Å². The highest BCUT2D eigenvalue weighted by Gasteiger charge is 2.21. The standard InChI is InChI=1S/C29H29O3S.BF4/c1-4-5-18-32-27-16-6-21(7-17-27)24-19-28(22-8-12-25(30-2)13-9-22)33-29(20-24)23-10-14-26(31-3)15-11-23;2-1(3,4)5/h6-17,19-20H,4-5,18H2,1-3H3;/q+1;-1. The van der Waals surface area contributed by atoms with Gasteiger partial charge in [-0.25, -0.2) is 0 Å². The van der Waals surface area contributed by atoms with E-state index >= 15 is 0 Å². The molecule has 0 atom stereocenters. The molecule has 1 heterocycles. The van der Waals surface area contributed by atoms with Gasteiger partial charge in [0.1, 0.15) is 17.2 Å². The molecule has 0 radical (unpaired) electrons. The monoisotopic (exact) mass is 544 g/mol. The van der Waals surface area contributed by atoms with Gasteiger partial charge >= 0.3 is 7.25 Å². The smallest absolute Gasteiger partial charge is 0.497 e. The largest absolute Gasteiger partial charge is 0.673 e. The Morgan fingerprint density at radius 2 is 1.00 bits per heavy atom. The molecule has 0 bridgehead atoms. The molecule has 3 aromatic carbocycles. The van der Waals surface area contributed by atoms with Crippen LogP contribution in [0.2, 0.25) is 0 Å². The van der Waals surface area contributed by atoms with Crippen LogP contribution in [0.5, 0.6) is 17.2 Å². The first-order chi connectivity index (χ1) is 18.2. The maximum atomic E-state index is 9.75. The van der Waals surface area contributed by atoms with Gasteiger partial charge in [-0.2, -0.15) is 0 Å². The van der Waals surface area contributed by atoms with Gasteiger partial charge in [0.15, 0.2) is 0 Å². The number of benzene rings is 3. The molecule has 9 heteroatoms. The first-order valence-electron chi connectivity index (χ1n) is 12.1. The van der Waals surface area contributed by atoms with Crippen molar-refractivity contribution >= 4 is 18.6 Å². The van der Waals surface area contributed by atoms with Gasteiger partial charge in [-0.15, -0.1) is 0 Å². The molecule has 0 saturated heterocycles. The lowest BCUT2D eigenvalue weighted by atomic mass is 10.0. The van der Waals surface area contributed by atoms with Crippen LogP contribution in [0.25, 0.3) is 32.0 Å². The number of halogens is 4. The molecule has 4 aromatic rings. The van der Waals surface area contributed by atoms with E-state index in [1.807, 2.05) is 24.3 Å². The van der Waals surface area contributed by atoms with Crippen LogP contribution in [-0.4, -0.2) is 28.1 Å². The van der Waals surface area contributed by atoms with E-state index in [0.717, 1.165) is 53.4 Å². The predicted molar refractivity (Wildman–Crippen MR) is 149 cm³/mol. The van der Waals surface area contributed by atoms with E-state index in [1.54, 1.807) is 25.6 Å². The van der Waals surface area contributed by atoms with E-state index in [4.69, 9.17) is 14.2 Å². The summed E-state index contributed by atoms with van der Waals surface area (Å²) in [7, 11) is -2.62. The van der Waals surface area contributed by atoms with Crippen molar-refractivity contribution in [1.29, 1.82) is 0 Å². The highest BCUT2D eigenvalue weighted by atomic mass is 32.1. The Morgan fingerprint density at radius 1 is 0.605 bits per heavy atom. The second-order valence-electron chi connectivity index (χ2n) is 8.25. The van der Waals surface area contributed by atoms with Gasteiger partial charge in [0, 0.05) is 23.3 Å². The Morgan fingerprint density at radius 3 is 1.39 bits per heavy atom. The number of unbranched alkanes of at least 4 members (excludes halogenated alkanes) is 1. The number of hydrogen-bond donors (Lipinski definition) is 0. The van der Waals surface area contributed by atoms with Gasteiger partial charge in [-0.05, 0) is 78.2 Å². The maximum absolute atomic E-state index is 9.75. The Balaban J connectivity index is 0.000000732. The fourth-order valence-corrected chi connectivity index (χ4v) is 4.66. The third-order valence-electron chi connectivity index (χ3n) is 5.50. The Hall–Kier alpha value is -3.59. The zero-order valence-electron chi connectivity index (χ0n) is 21.4. The van der Waals surface area contributed by atoms with Gasteiger partial charge in [0.25, 0.3) is 0 Å². The maximum Gasteiger partial charge on any atom is 0.673 e. The molecular weight excluding hydrogens is 515 g/mol. The molecule has 1 aromatic heterocycles. The van der Waals surface area contributed by atoms with Crippen molar-refractivity contribution in [3.63, 3.8) is 0 Å². The fraction of sp³-hybridized carbons (Fsp3) is 0.207. The van der Waals surface area contributed by atoms with E-state index < -0.39 is 7.25 Å². The average Bonchev–Trinajstić information content (AvgIpc) is 2.92. The summed E-state index contributed by atoms with van der Waals surface area (Å²) in [6.45, 7) is 2.93. The predicted octanol–water partition coefficient (Wildman–Crippen LogP) is 9.53. The van der Waals surface area contributed by atoms with Crippen molar-refractivity contribution in [3.8, 4) is 49.3 Å². The first kappa shape index (κ1) is 29.0. The van der Waals surface area contributed by atoms with Gasteiger partial charge in [-0.3, -0.25) is 0 Å². The van der Waals surface area contributed by atoms with Crippen molar-refractivity contribution in [2.75, 3.05) is 20.8 Å². The van der Waals surface area contributed by atoms with Crippen molar-refractivity contribution in [3.05, 3.63) is 84.9 Å². The third kappa shape index (κ3) is 9.06. The molecule has 0 spiro atoms. The minimum Gasteiger partial charge on any atom is -0.497 e. The summed E-state index contributed by atoms with van der Waals surface area (Å²) in [5, 5.41) is 0. The number of rotatable bonds is 9. The summed E-state index contributed by atoms with van der Waals surface area (Å²) in [5.74, 6) is 2.62. The summed E-state index contributed by atoms with van der Waals surface area (Å²) >= 11 is 1.77. The lowest BCUT2D eigenvalue weighted by Crippen LogP contribution is -2.02. The normalized spacial score (nSPS) is 10.8. The minimum atomic E-state index is -6.00. The van der Waals surface area contributed by atoms with Crippen LogP contribution < -0.4 is 14.2 Å². The Kier molecular flexibility index (Phi) is 10.5. The number of methoxy groups -OCH3 is 2. The first-order valence-corrected chi connectivity index (χ1v) is 12.9. The molecule has 4 rings (SSSR count). The van der Waals surface area contributed by atoms with Crippen LogP contribution in [0.3, 0.4) is 0 Å². The quantitative estimate of drug-likeness (QED) is 0.0909. The van der Waals surface area contributed by atoms with E-state index in [-0.39, 0.29) is 0 Å². The van der Waals surface area contributed by atoms with E-state index in [1.165, 1.54) is 15.3 Å². The van der Waals surface area contributed by atoms with Crippen LogP contribution in [0.15, 0.2) is 84.9 Å². The van der Waals surface area contributed by atoms with Crippen molar-refractivity contribution in [2.45, 2.75) is 19.8 Å². The van der Waals surface area contributed by atoms with Gasteiger partial charge in [-0.1, -0.05) is 25.5 Å². The van der Waals surface area contributed by atoms with Crippen molar-refractivity contribution in [1.82, 2.24) is 0 Å². The zero-order chi connectivity index (χ0) is 27.5. The summed E-state index contributed by atoms with van der Waals surface area (Å²) in [5.41, 5.74) is 4.66. The molecule has 0 aliphatic heterocycles. The summed E-state index contributed by atoms with van der Waals surface area (Å²) in [6.07, 6.45) is 2.20. The fourth-order valence-electron chi connectivity index (χ4n) is 3.54. The number of ether oxygens (including phenoxy) is 3. The molecule has 0 aliphatic carbocycles. The molecule has 0 aliphatic rings. The third-order valence-corrected chi connectivity index (χ3v) is 6.64. The molecule has 0 N–H and O–H groups in total. The molecule has 3 nitrogen and oxygen atoms in total. The topological polar surface area (TPSA) is 27.7 Å². The lowest BCUT2D eigenvalue weighted by molar-refractivity contribution is 0.309. The molecule has 0 unspecified atom stereocenters. The molecule has 0 amide bonds. The van der Waals surface area contributed by atoms with Crippen LogP contribution in [0, 0.1) is 0 Å².